The molecule has 31 heavy (non-hydrogen) atoms. The number of rotatable bonds is 8. The van der Waals surface area contributed by atoms with Crippen molar-refractivity contribution >= 4 is 27.3 Å². The molecule has 0 aliphatic heterocycles. The van der Waals surface area contributed by atoms with E-state index in [2.05, 4.69) is 5.32 Å². The Kier molecular flexibility index (Phi) is 6.91. The lowest BCUT2D eigenvalue weighted by molar-refractivity contribution is -0.114. The number of methoxy groups -OCH3 is 1. The van der Waals surface area contributed by atoms with Crippen LogP contribution in [0.3, 0.4) is 0 Å². The molecule has 0 radical (unpaired) electrons. The lowest BCUT2D eigenvalue weighted by Gasteiger charge is -2.24. The maximum absolute atomic E-state index is 13.4. The van der Waals surface area contributed by atoms with Crippen LogP contribution in [-0.4, -0.2) is 28.0 Å². The van der Waals surface area contributed by atoms with E-state index in [1.54, 1.807) is 12.1 Å². The molecule has 6 nitrogen and oxygen atoms in total. The summed E-state index contributed by atoms with van der Waals surface area (Å²) in [5.41, 5.74) is 1.85. The van der Waals surface area contributed by atoms with Crippen molar-refractivity contribution in [1.82, 2.24) is 0 Å². The van der Waals surface area contributed by atoms with Crippen molar-refractivity contribution in [3.05, 3.63) is 84.2 Å². The molecule has 0 unspecified atom stereocenters. The Hall–Kier alpha value is -3.39. The van der Waals surface area contributed by atoms with E-state index in [0.29, 0.717) is 11.4 Å². The summed E-state index contributed by atoms with van der Waals surface area (Å²) >= 11 is 0. The van der Waals surface area contributed by atoms with Crippen molar-refractivity contribution in [2.75, 3.05) is 23.3 Å². The molecule has 0 atom stereocenters. The standard InChI is InChI=1S/C23H23FN2O4S/c1-3-17-4-8-19(9-5-17)25-23(27)16-26(20-10-6-18(24)7-11-20)31(28,29)22-14-12-21(30-2)13-15-22/h4-15H,3,16H2,1-2H3,(H,25,27). The fraction of sp³-hybridized carbons (Fsp3) is 0.174. The molecule has 0 spiro atoms. The molecule has 0 bridgehead atoms. The quantitative estimate of drug-likeness (QED) is 0.567. The van der Waals surface area contributed by atoms with E-state index in [-0.39, 0.29) is 10.6 Å². The molecule has 0 aliphatic rings. The zero-order chi connectivity index (χ0) is 22.4. The van der Waals surface area contributed by atoms with Crippen LogP contribution in [0.5, 0.6) is 5.75 Å². The highest BCUT2D eigenvalue weighted by atomic mass is 32.2. The molecule has 0 aromatic heterocycles. The fourth-order valence-electron chi connectivity index (χ4n) is 2.95. The van der Waals surface area contributed by atoms with Crippen LogP contribution in [0.2, 0.25) is 0 Å². The predicted octanol–water partition coefficient (Wildman–Crippen LogP) is 4.23. The van der Waals surface area contributed by atoms with Gasteiger partial charge in [-0.1, -0.05) is 19.1 Å². The highest BCUT2D eigenvalue weighted by Gasteiger charge is 2.27. The van der Waals surface area contributed by atoms with Crippen LogP contribution in [0.1, 0.15) is 12.5 Å². The molecular formula is C23H23FN2O4S. The largest absolute Gasteiger partial charge is 0.497 e. The molecule has 0 saturated carbocycles. The third-order valence-corrected chi connectivity index (χ3v) is 6.48. The zero-order valence-electron chi connectivity index (χ0n) is 17.2. The van der Waals surface area contributed by atoms with Gasteiger partial charge >= 0.3 is 0 Å². The van der Waals surface area contributed by atoms with Crippen molar-refractivity contribution < 1.29 is 22.3 Å². The van der Waals surface area contributed by atoms with Crippen molar-refractivity contribution in [3.63, 3.8) is 0 Å². The number of nitrogens with zero attached hydrogens (tertiary/aromatic N) is 1. The molecule has 3 aromatic rings. The van der Waals surface area contributed by atoms with Crippen LogP contribution >= 0.6 is 0 Å². The number of benzene rings is 3. The third-order valence-electron chi connectivity index (χ3n) is 4.70. The molecular weight excluding hydrogens is 419 g/mol. The lowest BCUT2D eigenvalue weighted by atomic mass is 10.1. The number of hydrogen-bond donors (Lipinski definition) is 1. The molecule has 0 heterocycles. The maximum Gasteiger partial charge on any atom is 0.264 e. The Balaban J connectivity index is 1.90. The number of amides is 1. The molecule has 162 valence electrons. The summed E-state index contributed by atoms with van der Waals surface area (Å²) < 4.78 is 46.0. The van der Waals surface area contributed by atoms with Gasteiger partial charge in [0, 0.05) is 5.69 Å². The lowest BCUT2D eigenvalue weighted by Crippen LogP contribution is -2.38. The van der Waals surface area contributed by atoms with E-state index in [1.807, 2.05) is 19.1 Å². The van der Waals surface area contributed by atoms with Gasteiger partial charge in [0.05, 0.1) is 17.7 Å². The number of hydrogen-bond acceptors (Lipinski definition) is 4. The Bertz CT molecular complexity index is 1130. The number of anilines is 2. The summed E-state index contributed by atoms with van der Waals surface area (Å²) in [6.07, 6.45) is 0.868. The van der Waals surface area contributed by atoms with Crippen molar-refractivity contribution in [3.8, 4) is 5.75 Å². The summed E-state index contributed by atoms with van der Waals surface area (Å²) in [5, 5.41) is 2.71. The molecule has 1 amide bonds. The summed E-state index contributed by atoms with van der Waals surface area (Å²) in [6.45, 7) is 1.55. The second kappa shape index (κ2) is 9.61. The number of halogens is 1. The van der Waals surface area contributed by atoms with Crippen molar-refractivity contribution in [1.29, 1.82) is 0 Å². The zero-order valence-corrected chi connectivity index (χ0v) is 18.0. The molecule has 0 aliphatic carbocycles. The average molecular weight is 443 g/mol. The van der Waals surface area contributed by atoms with Crippen LogP contribution < -0.4 is 14.4 Å². The number of carbonyl (C=O) groups is 1. The van der Waals surface area contributed by atoms with Crippen LogP contribution in [0.15, 0.2) is 77.7 Å². The predicted molar refractivity (Wildman–Crippen MR) is 118 cm³/mol. The van der Waals surface area contributed by atoms with Gasteiger partial charge in [-0.2, -0.15) is 0 Å². The number of ether oxygens (including phenoxy) is 1. The molecule has 8 heteroatoms. The minimum atomic E-state index is -4.10. The highest BCUT2D eigenvalue weighted by Crippen LogP contribution is 2.25. The molecule has 0 saturated heterocycles. The average Bonchev–Trinajstić information content (AvgIpc) is 2.78. The van der Waals surface area contributed by atoms with Crippen LogP contribution in [0, 0.1) is 5.82 Å². The molecule has 3 aromatic carbocycles. The van der Waals surface area contributed by atoms with Gasteiger partial charge in [0.1, 0.15) is 18.1 Å². The van der Waals surface area contributed by atoms with Crippen molar-refractivity contribution in [2.45, 2.75) is 18.2 Å². The van der Waals surface area contributed by atoms with Gasteiger partial charge in [-0.25, -0.2) is 12.8 Å². The van der Waals surface area contributed by atoms with Crippen LogP contribution in [0.4, 0.5) is 15.8 Å². The van der Waals surface area contributed by atoms with E-state index in [9.17, 15) is 17.6 Å². The topological polar surface area (TPSA) is 75.7 Å². The fourth-order valence-corrected chi connectivity index (χ4v) is 4.37. The van der Waals surface area contributed by atoms with Gasteiger partial charge in [-0.3, -0.25) is 9.10 Å². The Morgan fingerprint density at radius 3 is 2.13 bits per heavy atom. The first-order valence-corrected chi connectivity index (χ1v) is 11.1. The van der Waals surface area contributed by atoms with Gasteiger partial charge in [0.2, 0.25) is 5.91 Å². The number of carbonyl (C=O) groups excluding carboxylic acids is 1. The monoisotopic (exact) mass is 442 g/mol. The Morgan fingerprint density at radius 2 is 1.58 bits per heavy atom. The number of sulfonamides is 1. The second-order valence-corrected chi connectivity index (χ2v) is 8.62. The van der Waals surface area contributed by atoms with Gasteiger partial charge < -0.3 is 10.1 Å². The first-order valence-electron chi connectivity index (χ1n) is 9.64. The van der Waals surface area contributed by atoms with Crippen LogP contribution in [-0.2, 0) is 21.2 Å². The van der Waals surface area contributed by atoms with Gasteiger partial charge in [-0.05, 0) is 72.6 Å². The molecule has 1 N–H and O–H groups in total. The molecule has 0 fully saturated rings. The van der Waals surface area contributed by atoms with Crippen molar-refractivity contribution in [2.24, 2.45) is 0 Å². The minimum absolute atomic E-state index is 0.0160. The van der Waals surface area contributed by atoms with Crippen LogP contribution in [0.25, 0.3) is 0 Å². The van der Waals surface area contributed by atoms with Gasteiger partial charge in [-0.15, -0.1) is 0 Å². The van der Waals surface area contributed by atoms with E-state index >= 15 is 0 Å². The number of aryl methyl sites for hydroxylation is 1. The Labute approximate surface area is 181 Å². The Morgan fingerprint density at radius 1 is 0.968 bits per heavy atom. The van der Waals surface area contributed by atoms with Gasteiger partial charge in [0.25, 0.3) is 10.0 Å². The normalized spacial score (nSPS) is 11.1. The van der Waals surface area contributed by atoms with E-state index < -0.39 is 28.3 Å². The van der Waals surface area contributed by atoms with E-state index in [1.165, 1.54) is 43.5 Å². The summed E-state index contributed by atoms with van der Waals surface area (Å²) in [5.74, 6) is -0.530. The minimum Gasteiger partial charge on any atom is -0.497 e. The summed E-state index contributed by atoms with van der Waals surface area (Å²) in [6, 6.07) is 18.1. The van der Waals surface area contributed by atoms with Gasteiger partial charge in [0.15, 0.2) is 0 Å². The molecule has 3 rings (SSSR count). The summed E-state index contributed by atoms with van der Waals surface area (Å²) in [7, 11) is -2.62. The third kappa shape index (κ3) is 5.40. The second-order valence-electron chi connectivity index (χ2n) is 6.76. The maximum atomic E-state index is 13.4. The number of nitrogens with one attached hydrogen (secondary N) is 1. The smallest absolute Gasteiger partial charge is 0.264 e. The highest BCUT2D eigenvalue weighted by molar-refractivity contribution is 7.92. The first kappa shape index (κ1) is 22.3. The first-order chi connectivity index (χ1) is 14.8. The summed E-state index contributed by atoms with van der Waals surface area (Å²) in [4.78, 5) is 12.7. The van der Waals surface area contributed by atoms with E-state index in [0.717, 1.165) is 28.4 Å². The SMILES string of the molecule is CCc1ccc(NC(=O)CN(c2ccc(F)cc2)S(=O)(=O)c2ccc(OC)cc2)cc1. The van der Waals surface area contributed by atoms with E-state index in [4.69, 9.17) is 4.74 Å².